The molecular weight excluding hydrogens is 1370 g/mol. The van der Waals surface area contributed by atoms with E-state index >= 15 is 0 Å². The molecule has 0 bridgehead atoms. The monoisotopic (exact) mass is 1410 g/mol. The Hall–Kier alpha value is -7.75. The van der Waals surface area contributed by atoms with Gasteiger partial charge in [-0.2, -0.15) is 0 Å². The minimum absolute atomic E-state index is 0.00256. The number of aliphatic hydroxyl groups is 4. The van der Waals surface area contributed by atoms with E-state index in [4.69, 9.17) is 91.0 Å². The van der Waals surface area contributed by atoms with Crippen molar-refractivity contribution in [2.75, 3.05) is 6.54 Å². The Morgan fingerprint density at radius 1 is 0.534 bits per heavy atom. The van der Waals surface area contributed by atoms with Crippen LogP contribution in [0.2, 0.25) is 25.4 Å². The maximum Gasteiger partial charge on any atom is 0.235 e. The third kappa shape index (κ3) is 15.9. The van der Waals surface area contributed by atoms with Crippen molar-refractivity contribution in [1.82, 2.24) is 24.9 Å². The van der Waals surface area contributed by atoms with E-state index in [9.17, 15) is 38.3 Å². The van der Waals surface area contributed by atoms with Crippen molar-refractivity contribution in [2.45, 2.75) is 53.6 Å². The van der Waals surface area contributed by atoms with Gasteiger partial charge in [-0.3, -0.25) is 14.9 Å². The highest BCUT2D eigenvalue weighted by molar-refractivity contribution is 14.1. The average molecular weight is 1420 g/mol. The number of hydrogen-bond donors (Lipinski definition) is 5. The van der Waals surface area contributed by atoms with Gasteiger partial charge in [0.1, 0.15) is 63.3 Å². The summed E-state index contributed by atoms with van der Waals surface area (Å²) in [5.41, 5.74) is 7.19. The van der Waals surface area contributed by atoms with Gasteiger partial charge in [-0.05, 0) is 159 Å². The average Bonchev–Trinajstić information content (AvgIpc) is 2.01. The molecule has 12 aromatic rings. The van der Waals surface area contributed by atoms with Crippen LogP contribution < -0.4 is 0 Å². The molecule has 0 aliphatic heterocycles. The lowest BCUT2D eigenvalue weighted by Crippen LogP contribution is -2.13. The third-order valence-electron chi connectivity index (χ3n) is 12.4. The van der Waals surface area contributed by atoms with Crippen molar-refractivity contribution in [3.05, 3.63) is 217 Å². The zero-order valence-electron chi connectivity index (χ0n) is 46.1. The number of aromatic hydroxyl groups is 1. The lowest BCUT2D eigenvalue weighted by Gasteiger charge is -2.09. The Morgan fingerprint density at radius 3 is 1.33 bits per heavy atom. The van der Waals surface area contributed by atoms with E-state index < -0.39 is 35.0 Å². The number of aryl methyl sites for hydroxylation is 4. The van der Waals surface area contributed by atoms with E-state index in [2.05, 4.69) is 24.9 Å². The molecule has 5 N–H and O–H groups in total. The molecule has 18 nitrogen and oxygen atoms in total. The van der Waals surface area contributed by atoms with Gasteiger partial charge >= 0.3 is 0 Å². The first-order valence-corrected chi connectivity index (χ1v) is 28.6. The number of pyridine rings is 5. The summed E-state index contributed by atoms with van der Waals surface area (Å²) in [6, 6.07) is 28.3. The highest BCUT2D eigenvalue weighted by Crippen LogP contribution is 2.36. The van der Waals surface area contributed by atoms with Gasteiger partial charge in [0.05, 0.1) is 61.2 Å². The lowest BCUT2D eigenvalue weighted by molar-refractivity contribution is -0.491. The van der Waals surface area contributed by atoms with Crippen LogP contribution in [0.4, 0.5) is 13.2 Å². The predicted molar refractivity (Wildman–Crippen MR) is 335 cm³/mol. The fourth-order valence-electron chi connectivity index (χ4n) is 8.57. The lowest BCUT2D eigenvalue weighted by atomic mass is 10.1. The molecule has 1 unspecified atom stereocenters. The summed E-state index contributed by atoms with van der Waals surface area (Å²) in [6.07, 6.45) is -0.703. The second-order valence-corrected chi connectivity index (χ2v) is 22.1. The largest absolute Gasteiger partial charge is 0.504 e. The summed E-state index contributed by atoms with van der Waals surface area (Å²) < 4.78 is 62.7. The minimum atomic E-state index is -1.37. The number of aromatic nitrogens is 5. The van der Waals surface area contributed by atoms with Gasteiger partial charge < -0.3 is 43.2 Å². The van der Waals surface area contributed by atoms with Crippen molar-refractivity contribution in [3.63, 3.8) is 0 Å². The van der Waals surface area contributed by atoms with E-state index in [-0.39, 0.29) is 57.2 Å². The number of aldehydes is 1. The van der Waals surface area contributed by atoms with Crippen molar-refractivity contribution in [3.8, 4) is 39.5 Å². The van der Waals surface area contributed by atoms with Crippen molar-refractivity contribution in [1.29, 1.82) is 0 Å². The van der Waals surface area contributed by atoms with Crippen LogP contribution in [0, 0.1) is 58.8 Å². The van der Waals surface area contributed by atoms with E-state index in [1.54, 1.807) is 49.4 Å². The van der Waals surface area contributed by atoms with Crippen LogP contribution in [0.1, 0.15) is 62.4 Å². The minimum Gasteiger partial charge on any atom is -0.504 e. The van der Waals surface area contributed by atoms with E-state index in [0.717, 1.165) is 27.7 Å². The molecule has 27 heteroatoms. The fraction of sp³-hybridized carbons (Fsp3) is 0.148. The number of rotatable bonds is 10. The maximum atomic E-state index is 13.4. The van der Waals surface area contributed by atoms with Gasteiger partial charge in [0.2, 0.25) is 6.54 Å². The van der Waals surface area contributed by atoms with Crippen LogP contribution in [0.15, 0.2) is 127 Å². The molecule has 88 heavy (non-hydrogen) atoms. The number of fused-ring (bicyclic) bond motifs is 4. The Morgan fingerprint density at radius 2 is 0.909 bits per heavy atom. The molecule has 0 fully saturated rings. The summed E-state index contributed by atoms with van der Waals surface area (Å²) >= 11 is 30.7. The Bertz CT molecular complexity index is 4560. The molecule has 9 heterocycles. The second-order valence-electron chi connectivity index (χ2n) is 19.0. The van der Waals surface area contributed by atoms with Gasteiger partial charge in [-0.25, -0.2) is 38.1 Å². The SMILES string of the molecule is Cc1cc2cc(C(O)C[N+](=O)[O-])nc(-c3ccc(F)c(Cl)c3)c2o1.Cc1cc2cc(C=O)nc(-c3ccc(F)c(Cl)c3)c2o1.Cc1cc2cc(CO)nc(-c3ccc(F)c(Cl)c3)c2o1.Cc1cc2cc(CO)nc(Cl)c2o1.OCc1cc(I)c(O)c(Cl)n1. The van der Waals surface area contributed by atoms with Crippen molar-refractivity contribution < 1.29 is 66.1 Å². The summed E-state index contributed by atoms with van der Waals surface area (Å²) in [5, 5.41) is 60.0. The number of carbonyl (C=O) groups is 1. The first-order valence-electron chi connectivity index (χ1n) is 25.6. The Kier molecular flexibility index (Phi) is 21.9. The highest BCUT2D eigenvalue weighted by Gasteiger charge is 2.22. The molecule has 454 valence electrons. The number of nitrogens with zero attached hydrogens (tertiary/aromatic N) is 6. The quantitative estimate of drug-likeness (QED) is 0.0280. The number of nitro groups is 1. The first-order chi connectivity index (χ1) is 41.9. The van der Waals surface area contributed by atoms with Gasteiger partial charge in [-0.15, -0.1) is 0 Å². The molecule has 1 atom stereocenters. The predicted octanol–water partition coefficient (Wildman–Crippen LogP) is 16.2. The molecule has 0 spiro atoms. The third-order valence-corrected chi connectivity index (χ3v) is 14.6. The highest BCUT2D eigenvalue weighted by atomic mass is 127. The number of halogens is 9. The topological polar surface area (TPSA) is 278 Å². The summed E-state index contributed by atoms with van der Waals surface area (Å²) in [4.78, 5) is 41.5. The molecule has 0 saturated heterocycles. The molecular formula is C61H45Cl5F3IN6O12. The van der Waals surface area contributed by atoms with E-state index in [1.165, 1.54) is 48.5 Å². The maximum absolute atomic E-state index is 13.4. The second kappa shape index (κ2) is 29.0. The molecule has 12 rings (SSSR count). The standard InChI is InChI=1S/C16H12ClFN2O4.C15H11ClFNO2.C15H9ClFNO2.C9H8ClNO2.C6H5ClINO2/c1-8-4-10-6-13(14(21)7-20(22)23)19-15(16(10)24-8)9-2-3-12(18)11(17)5-9;2*1-8-4-10-5-11(7-19)18-14(15(10)20-8)9-2-3-13(17)12(16)6-9;1-5-2-6-3-7(4-12)11-9(10)8(6)13-5;7-6-5(11)4(8)1-3(2-10)9-6/h2-6,14,21H,7H2,1H3;2-6,19H,7H2,1H3;2-7H,1H3;2-3,12H,4H2,1H3;1,10-11H,2H2. The smallest absolute Gasteiger partial charge is 0.235 e. The normalized spacial score (nSPS) is 11.3. The Balaban J connectivity index is 0.000000146. The van der Waals surface area contributed by atoms with Gasteiger partial charge in [0.25, 0.3) is 0 Å². The zero-order chi connectivity index (χ0) is 63.8. The van der Waals surface area contributed by atoms with Crippen LogP contribution in [-0.2, 0) is 19.8 Å². The molecule has 0 radical (unpaired) electrons. The van der Waals surface area contributed by atoms with Crippen LogP contribution in [-0.4, -0.2) is 68.2 Å². The Labute approximate surface area is 535 Å². The number of benzene rings is 3. The number of carbonyl (C=O) groups excluding carboxylic acids is 1. The van der Waals surface area contributed by atoms with Crippen LogP contribution in [0.3, 0.4) is 0 Å². The molecule has 3 aromatic carbocycles. The number of furan rings is 4. The number of hydrogen-bond acceptors (Lipinski definition) is 17. The van der Waals surface area contributed by atoms with E-state index in [1.807, 2.05) is 61.6 Å². The van der Waals surface area contributed by atoms with Crippen molar-refractivity contribution in [2.24, 2.45) is 0 Å². The molecule has 9 aromatic heterocycles. The van der Waals surface area contributed by atoms with Crippen LogP contribution >= 0.6 is 80.6 Å². The summed E-state index contributed by atoms with van der Waals surface area (Å²) in [7, 11) is 0. The van der Waals surface area contributed by atoms with Gasteiger partial charge in [0.15, 0.2) is 50.8 Å². The summed E-state index contributed by atoms with van der Waals surface area (Å²) in [6.45, 7) is 6.10. The molecule has 0 amide bonds. The van der Waals surface area contributed by atoms with Crippen LogP contribution in [0.25, 0.3) is 77.6 Å². The van der Waals surface area contributed by atoms with Crippen molar-refractivity contribution >= 4 is 131 Å². The zero-order valence-corrected chi connectivity index (χ0v) is 52.0. The molecule has 0 aliphatic rings. The van der Waals surface area contributed by atoms with E-state index in [0.29, 0.717) is 105 Å². The fourth-order valence-corrected chi connectivity index (χ4v) is 10.4. The van der Waals surface area contributed by atoms with Gasteiger partial charge in [0, 0.05) is 43.2 Å². The first kappa shape index (κ1) is 66.2. The molecule has 0 aliphatic carbocycles. The summed E-state index contributed by atoms with van der Waals surface area (Å²) in [5.74, 6) is 1.25. The van der Waals surface area contributed by atoms with Crippen LogP contribution in [0.5, 0.6) is 5.75 Å². The molecule has 0 saturated carbocycles. The number of aliphatic hydroxyl groups excluding tert-OH is 4. The van der Waals surface area contributed by atoms with Gasteiger partial charge in [-0.1, -0.05) is 58.0 Å².